The van der Waals surface area contributed by atoms with E-state index in [1.165, 1.54) is 4.88 Å². The molecule has 0 bridgehead atoms. The molecule has 0 atom stereocenters. The van der Waals surface area contributed by atoms with Gasteiger partial charge in [0.2, 0.25) is 0 Å². The summed E-state index contributed by atoms with van der Waals surface area (Å²) >= 11 is 1.73. The molecule has 20 heavy (non-hydrogen) atoms. The summed E-state index contributed by atoms with van der Waals surface area (Å²) in [7, 11) is 0. The van der Waals surface area contributed by atoms with Gasteiger partial charge in [0.25, 0.3) is 0 Å². The van der Waals surface area contributed by atoms with Crippen LogP contribution < -0.4 is 5.32 Å². The molecule has 0 aliphatic heterocycles. The van der Waals surface area contributed by atoms with Crippen molar-refractivity contribution in [2.75, 3.05) is 6.54 Å². The van der Waals surface area contributed by atoms with Gasteiger partial charge in [-0.25, -0.2) is 0 Å². The van der Waals surface area contributed by atoms with Crippen LogP contribution in [0.15, 0.2) is 17.5 Å². The van der Waals surface area contributed by atoms with Gasteiger partial charge in [-0.15, -0.1) is 11.3 Å². The van der Waals surface area contributed by atoms with E-state index < -0.39 is 12.1 Å². The number of hydrogen-bond donors (Lipinski definition) is 1. The predicted molar refractivity (Wildman–Crippen MR) is 77.1 cm³/mol. The Labute approximate surface area is 122 Å². The Morgan fingerprint density at radius 3 is 2.35 bits per heavy atom. The van der Waals surface area contributed by atoms with Crippen LogP contribution in [0.5, 0.6) is 0 Å². The van der Waals surface area contributed by atoms with Crippen LogP contribution in [0.25, 0.3) is 0 Å². The predicted octanol–water partition coefficient (Wildman–Crippen LogP) is 4.74. The van der Waals surface area contributed by atoms with Crippen molar-refractivity contribution in [2.24, 2.45) is 5.92 Å². The Balaban J connectivity index is 1.79. The van der Waals surface area contributed by atoms with Crippen LogP contribution in [-0.4, -0.2) is 18.8 Å². The third-order valence-corrected chi connectivity index (χ3v) is 5.45. The van der Waals surface area contributed by atoms with E-state index in [4.69, 9.17) is 0 Å². The topological polar surface area (TPSA) is 12.0 Å². The van der Waals surface area contributed by atoms with E-state index in [0.717, 1.165) is 6.54 Å². The zero-order chi connectivity index (χ0) is 14.8. The smallest absolute Gasteiger partial charge is 0.313 e. The van der Waals surface area contributed by atoms with Crippen LogP contribution >= 0.6 is 11.3 Å². The molecule has 2 rings (SSSR count). The molecular formula is C15H22F3NS. The van der Waals surface area contributed by atoms with E-state index in [9.17, 15) is 13.2 Å². The monoisotopic (exact) mass is 305 g/mol. The highest BCUT2D eigenvalue weighted by atomic mass is 32.1. The average molecular weight is 305 g/mol. The first-order valence-electron chi connectivity index (χ1n) is 7.13. The summed E-state index contributed by atoms with van der Waals surface area (Å²) in [6.07, 6.45) is -2.22. The third-order valence-electron chi connectivity index (χ3n) is 4.21. The zero-order valence-corrected chi connectivity index (χ0v) is 12.8. The molecule has 1 heterocycles. The van der Waals surface area contributed by atoms with Crippen LogP contribution in [-0.2, 0) is 5.41 Å². The number of nitrogens with one attached hydrogen (secondary N) is 1. The summed E-state index contributed by atoms with van der Waals surface area (Å²) in [6, 6.07) is 4.39. The molecule has 1 aliphatic carbocycles. The minimum atomic E-state index is -4.01. The molecule has 0 aromatic carbocycles. The Morgan fingerprint density at radius 2 is 1.85 bits per heavy atom. The van der Waals surface area contributed by atoms with Crippen LogP contribution in [0.2, 0.25) is 0 Å². The number of alkyl halides is 3. The van der Waals surface area contributed by atoms with Gasteiger partial charge in [-0.1, -0.05) is 19.9 Å². The molecule has 1 saturated carbocycles. The standard InChI is InChI=1S/C15H22F3NS/c1-14(2,13-4-3-9-20-13)10-19-12-7-5-11(6-8-12)15(16,17)18/h3-4,9,11-12,19H,5-8,10H2,1-2H3. The van der Waals surface area contributed by atoms with Gasteiger partial charge in [0.05, 0.1) is 5.92 Å². The van der Waals surface area contributed by atoms with E-state index in [2.05, 4.69) is 30.6 Å². The van der Waals surface area contributed by atoms with Gasteiger partial charge in [0, 0.05) is 22.9 Å². The summed E-state index contributed by atoms with van der Waals surface area (Å²) in [6.45, 7) is 5.16. The third kappa shape index (κ3) is 3.98. The molecule has 1 N–H and O–H groups in total. The minimum Gasteiger partial charge on any atom is -0.313 e. The Morgan fingerprint density at radius 1 is 1.20 bits per heavy atom. The minimum absolute atomic E-state index is 0.0367. The second kappa shape index (κ2) is 6.06. The lowest BCUT2D eigenvalue weighted by Gasteiger charge is -2.33. The first-order valence-corrected chi connectivity index (χ1v) is 8.01. The molecule has 1 aliphatic rings. The molecule has 0 unspecified atom stereocenters. The maximum Gasteiger partial charge on any atom is 0.391 e. The fraction of sp³-hybridized carbons (Fsp3) is 0.733. The number of thiophene rings is 1. The fourth-order valence-corrected chi connectivity index (χ4v) is 3.63. The second-order valence-electron chi connectivity index (χ2n) is 6.33. The number of halogens is 3. The molecule has 5 heteroatoms. The van der Waals surface area contributed by atoms with Gasteiger partial charge in [-0.2, -0.15) is 13.2 Å². The summed E-state index contributed by atoms with van der Waals surface area (Å²) in [5.74, 6) is -1.09. The molecule has 0 saturated heterocycles. The van der Waals surface area contributed by atoms with E-state index in [0.29, 0.717) is 12.8 Å². The van der Waals surface area contributed by atoms with Gasteiger partial charge >= 0.3 is 6.18 Å². The van der Waals surface area contributed by atoms with Crippen molar-refractivity contribution >= 4 is 11.3 Å². The van der Waals surface area contributed by atoms with E-state index in [1.54, 1.807) is 11.3 Å². The summed E-state index contributed by atoms with van der Waals surface area (Å²) in [5, 5.41) is 5.52. The van der Waals surface area contributed by atoms with Crippen LogP contribution in [0.1, 0.15) is 44.4 Å². The van der Waals surface area contributed by atoms with E-state index in [1.807, 2.05) is 6.07 Å². The van der Waals surface area contributed by atoms with Crippen molar-refractivity contribution in [1.82, 2.24) is 5.32 Å². The molecule has 1 aromatic heterocycles. The normalized spacial score (nSPS) is 24.9. The van der Waals surface area contributed by atoms with Gasteiger partial charge in [0.1, 0.15) is 0 Å². The number of hydrogen-bond acceptors (Lipinski definition) is 2. The van der Waals surface area contributed by atoms with E-state index in [-0.39, 0.29) is 24.3 Å². The van der Waals surface area contributed by atoms with Crippen LogP contribution in [0.4, 0.5) is 13.2 Å². The zero-order valence-electron chi connectivity index (χ0n) is 12.0. The quantitative estimate of drug-likeness (QED) is 0.847. The molecule has 0 radical (unpaired) electrons. The average Bonchev–Trinajstić information content (AvgIpc) is 2.90. The lowest BCUT2D eigenvalue weighted by Crippen LogP contribution is -2.42. The summed E-state index contributed by atoms with van der Waals surface area (Å²) in [4.78, 5) is 1.31. The number of rotatable bonds is 4. The van der Waals surface area contributed by atoms with Crippen molar-refractivity contribution in [3.63, 3.8) is 0 Å². The van der Waals surface area contributed by atoms with Crippen molar-refractivity contribution in [2.45, 2.75) is 57.2 Å². The van der Waals surface area contributed by atoms with Gasteiger partial charge in [-0.05, 0) is 37.1 Å². The van der Waals surface area contributed by atoms with Gasteiger partial charge in [-0.3, -0.25) is 0 Å². The Bertz CT molecular complexity index is 403. The van der Waals surface area contributed by atoms with Crippen LogP contribution in [0, 0.1) is 5.92 Å². The van der Waals surface area contributed by atoms with Crippen LogP contribution in [0.3, 0.4) is 0 Å². The lowest BCUT2D eigenvalue weighted by molar-refractivity contribution is -0.182. The first kappa shape index (κ1) is 15.8. The molecular weight excluding hydrogens is 283 g/mol. The van der Waals surface area contributed by atoms with Crippen molar-refractivity contribution in [3.05, 3.63) is 22.4 Å². The Kier molecular flexibility index (Phi) is 4.80. The molecule has 1 nitrogen and oxygen atoms in total. The Hall–Kier alpha value is -0.550. The first-order chi connectivity index (χ1) is 9.29. The van der Waals surface area contributed by atoms with Crippen molar-refractivity contribution in [3.8, 4) is 0 Å². The molecule has 0 amide bonds. The SMILES string of the molecule is CC(C)(CNC1CCC(C(F)(F)F)CC1)c1cccs1. The van der Waals surface area contributed by atoms with Crippen molar-refractivity contribution < 1.29 is 13.2 Å². The highest BCUT2D eigenvalue weighted by molar-refractivity contribution is 7.10. The van der Waals surface area contributed by atoms with Gasteiger partial charge in [0.15, 0.2) is 0 Å². The van der Waals surface area contributed by atoms with Gasteiger partial charge < -0.3 is 5.32 Å². The molecule has 1 aromatic rings. The highest BCUT2D eigenvalue weighted by Crippen LogP contribution is 2.37. The summed E-state index contributed by atoms with van der Waals surface area (Å²) < 4.78 is 37.8. The fourth-order valence-electron chi connectivity index (χ4n) is 2.78. The molecule has 1 fully saturated rings. The second-order valence-corrected chi connectivity index (χ2v) is 7.28. The molecule has 0 spiro atoms. The van der Waals surface area contributed by atoms with E-state index >= 15 is 0 Å². The summed E-state index contributed by atoms with van der Waals surface area (Å²) in [5.41, 5.74) is 0.0367. The maximum atomic E-state index is 12.6. The lowest BCUT2D eigenvalue weighted by atomic mass is 9.84. The largest absolute Gasteiger partial charge is 0.391 e. The molecule has 114 valence electrons. The highest BCUT2D eigenvalue weighted by Gasteiger charge is 2.41. The van der Waals surface area contributed by atoms with Crippen molar-refractivity contribution in [1.29, 1.82) is 0 Å². The maximum absolute atomic E-state index is 12.6.